The molecule has 0 unspecified atom stereocenters. The molecule has 2 N–H and O–H groups in total. The van der Waals surface area contributed by atoms with Crippen LogP contribution in [-0.4, -0.2) is 19.7 Å². The molecule has 0 fully saturated rings. The first-order chi connectivity index (χ1) is 15.7. The molecule has 0 saturated heterocycles. The van der Waals surface area contributed by atoms with E-state index in [0.717, 1.165) is 33.5 Å². The summed E-state index contributed by atoms with van der Waals surface area (Å²) in [6.45, 7) is 2.65. The second-order valence-electron chi connectivity index (χ2n) is 7.54. The van der Waals surface area contributed by atoms with Crippen LogP contribution in [-0.2, 0) is 6.54 Å². The number of nitrogens with zero attached hydrogens (tertiary/aromatic N) is 4. The minimum atomic E-state index is 0.593. The Kier molecular flexibility index (Phi) is 5.44. The van der Waals surface area contributed by atoms with Crippen LogP contribution < -0.4 is 10.6 Å². The average molecular weight is 441 g/mol. The zero-order valence-corrected chi connectivity index (χ0v) is 18.2. The van der Waals surface area contributed by atoms with Gasteiger partial charge in [-0.3, -0.25) is 0 Å². The van der Waals surface area contributed by atoms with Crippen LogP contribution in [0.25, 0.3) is 11.0 Å². The lowest BCUT2D eigenvalue weighted by Crippen LogP contribution is -2.03. The van der Waals surface area contributed by atoms with E-state index in [2.05, 4.69) is 51.8 Å². The lowest BCUT2D eigenvalue weighted by Gasteiger charge is -2.09. The van der Waals surface area contributed by atoms with E-state index >= 15 is 0 Å². The van der Waals surface area contributed by atoms with Crippen LogP contribution >= 0.6 is 11.6 Å². The van der Waals surface area contributed by atoms with Crippen molar-refractivity contribution in [1.29, 1.82) is 0 Å². The normalized spacial score (nSPS) is 10.9. The van der Waals surface area contributed by atoms with Gasteiger partial charge in [0, 0.05) is 16.4 Å². The number of rotatable bonds is 6. The van der Waals surface area contributed by atoms with Crippen molar-refractivity contribution in [1.82, 2.24) is 19.7 Å². The van der Waals surface area contributed by atoms with Crippen molar-refractivity contribution in [3.8, 4) is 0 Å². The zero-order chi connectivity index (χ0) is 21.9. The number of nitrogens with one attached hydrogen (secondary N) is 2. The summed E-state index contributed by atoms with van der Waals surface area (Å²) in [7, 11) is 0. The summed E-state index contributed by atoms with van der Waals surface area (Å²) in [6.07, 6.45) is 1.56. The Bertz CT molecular complexity index is 1380. The highest BCUT2D eigenvalue weighted by molar-refractivity contribution is 6.30. The number of hydrogen-bond acceptors (Lipinski definition) is 5. The van der Waals surface area contributed by atoms with Crippen LogP contribution in [0.1, 0.15) is 11.1 Å². The third kappa shape index (κ3) is 4.26. The minimum Gasteiger partial charge on any atom is -0.339 e. The van der Waals surface area contributed by atoms with Crippen LogP contribution in [0, 0.1) is 6.92 Å². The molecule has 5 aromatic rings. The van der Waals surface area contributed by atoms with Crippen molar-refractivity contribution >= 4 is 45.6 Å². The van der Waals surface area contributed by atoms with Gasteiger partial charge in [0.1, 0.15) is 17.5 Å². The van der Waals surface area contributed by atoms with E-state index in [9.17, 15) is 0 Å². The average Bonchev–Trinajstić information content (AvgIpc) is 3.12. The maximum Gasteiger partial charge on any atom is 0.165 e. The molecule has 0 atom stereocenters. The van der Waals surface area contributed by atoms with Crippen molar-refractivity contribution in [2.45, 2.75) is 13.5 Å². The van der Waals surface area contributed by atoms with E-state index < -0.39 is 0 Å². The molecule has 32 heavy (non-hydrogen) atoms. The molecule has 3 aromatic carbocycles. The molecule has 2 heterocycles. The highest BCUT2D eigenvalue weighted by atomic mass is 35.5. The molecular weight excluding hydrogens is 420 g/mol. The molecule has 6 nitrogen and oxygen atoms in total. The van der Waals surface area contributed by atoms with E-state index in [0.29, 0.717) is 23.2 Å². The van der Waals surface area contributed by atoms with Crippen LogP contribution in [0.5, 0.6) is 0 Å². The Morgan fingerprint density at radius 2 is 1.56 bits per heavy atom. The van der Waals surface area contributed by atoms with Gasteiger partial charge in [-0.25, -0.2) is 14.6 Å². The van der Waals surface area contributed by atoms with Gasteiger partial charge in [-0.05, 0) is 48.4 Å². The van der Waals surface area contributed by atoms with Gasteiger partial charge in [0.15, 0.2) is 11.5 Å². The second-order valence-corrected chi connectivity index (χ2v) is 7.98. The molecule has 0 bridgehead atoms. The van der Waals surface area contributed by atoms with E-state index in [1.54, 1.807) is 6.33 Å². The van der Waals surface area contributed by atoms with E-state index in [1.165, 1.54) is 0 Å². The molecule has 5 rings (SSSR count). The summed E-state index contributed by atoms with van der Waals surface area (Å²) in [5.74, 6) is 1.35. The number of halogens is 1. The summed E-state index contributed by atoms with van der Waals surface area (Å²) in [4.78, 5) is 9.09. The van der Waals surface area contributed by atoms with Gasteiger partial charge >= 0.3 is 0 Å². The molecule has 0 saturated carbocycles. The van der Waals surface area contributed by atoms with Gasteiger partial charge in [0.25, 0.3) is 0 Å². The molecule has 0 radical (unpaired) electrons. The number of aromatic nitrogens is 4. The van der Waals surface area contributed by atoms with E-state index in [1.807, 2.05) is 59.3 Å². The molecular formula is C25H21ClN6. The molecule has 0 amide bonds. The minimum absolute atomic E-state index is 0.593. The fourth-order valence-corrected chi connectivity index (χ4v) is 3.81. The number of anilines is 4. The molecule has 7 heteroatoms. The van der Waals surface area contributed by atoms with Crippen molar-refractivity contribution in [3.63, 3.8) is 0 Å². The van der Waals surface area contributed by atoms with Crippen LogP contribution in [0.3, 0.4) is 0 Å². The van der Waals surface area contributed by atoms with Gasteiger partial charge in [0.05, 0.1) is 6.54 Å². The number of hydrogen-bond donors (Lipinski definition) is 2. The molecule has 2 aromatic heterocycles. The maximum atomic E-state index is 6.19. The topological polar surface area (TPSA) is 67.7 Å². The fourth-order valence-electron chi connectivity index (χ4n) is 3.62. The highest BCUT2D eigenvalue weighted by Gasteiger charge is 2.18. The third-order valence-corrected chi connectivity index (χ3v) is 5.31. The van der Waals surface area contributed by atoms with Gasteiger partial charge < -0.3 is 10.6 Å². The van der Waals surface area contributed by atoms with E-state index in [-0.39, 0.29) is 0 Å². The smallest absolute Gasteiger partial charge is 0.165 e. The van der Waals surface area contributed by atoms with Gasteiger partial charge in [-0.2, -0.15) is 5.10 Å². The van der Waals surface area contributed by atoms with Crippen molar-refractivity contribution in [2.24, 2.45) is 0 Å². The van der Waals surface area contributed by atoms with Gasteiger partial charge in [-0.15, -0.1) is 0 Å². The van der Waals surface area contributed by atoms with Gasteiger partial charge in [-0.1, -0.05) is 60.1 Å². The summed E-state index contributed by atoms with van der Waals surface area (Å²) in [5, 5.41) is 13.1. The quantitative estimate of drug-likeness (QED) is 0.323. The standard InChI is InChI=1S/C25H21ClN6/c1-17-7-5-11-20(13-17)29-23-22-24(30-21-12-6-10-19(26)14-21)31-32(25(22)28-16-27-23)15-18-8-3-2-4-9-18/h2-14,16H,15H2,1H3,(H,30,31)(H,27,28,29). The predicted molar refractivity (Wildman–Crippen MR) is 130 cm³/mol. The highest BCUT2D eigenvalue weighted by Crippen LogP contribution is 2.32. The SMILES string of the molecule is Cc1cccc(Nc2ncnc3c2c(Nc2cccc(Cl)c2)nn3Cc2ccccc2)c1. The Morgan fingerprint density at radius 3 is 2.34 bits per heavy atom. The number of fused-ring (bicyclic) bond motifs is 1. The summed E-state index contributed by atoms with van der Waals surface area (Å²) in [5.41, 5.74) is 4.84. The first-order valence-corrected chi connectivity index (χ1v) is 10.7. The first kappa shape index (κ1) is 20.0. The second kappa shape index (κ2) is 8.69. The Balaban J connectivity index is 1.62. The molecule has 0 spiro atoms. The van der Waals surface area contributed by atoms with Crippen molar-refractivity contribution in [2.75, 3.05) is 10.6 Å². The summed E-state index contributed by atoms with van der Waals surface area (Å²) in [6, 6.07) is 25.9. The fraction of sp³-hybridized carbons (Fsp3) is 0.0800. The van der Waals surface area contributed by atoms with Crippen molar-refractivity contribution < 1.29 is 0 Å². The first-order valence-electron chi connectivity index (χ1n) is 10.3. The van der Waals surface area contributed by atoms with Crippen LogP contribution in [0.2, 0.25) is 5.02 Å². The maximum absolute atomic E-state index is 6.19. The molecule has 0 aliphatic carbocycles. The third-order valence-electron chi connectivity index (χ3n) is 5.07. The lowest BCUT2D eigenvalue weighted by atomic mass is 10.2. The molecule has 158 valence electrons. The zero-order valence-electron chi connectivity index (χ0n) is 17.5. The summed E-state index contributed by atoms with van der Waals surface area (Å²) < 4.78 is 1.89. The lowest BCUT2D eigenvalue weighted by molar-refractivity contribution is 0.707. The van der Waals surface area contributed by atoms with E-state index in [4.69, 9.17) is 16.7 Å². The van der Waals surface area contributed by atoms with Crippen LogP contribution in [0.4, 0.5) is 23.0 Å². The number of benzene rings is 3. The molecule has 0 aliphatic rings. The van der Waals surface area contributed by atoms with Crippen molar-refractivity contribution in [3.05, 3.63) is 101 Å². The Morgan fingerprint density at radius 1 is 0.812 bits per heavy atom. The molecule has 0 aliphatic heterocycles. The largest absolute Gasteiger partial charge is 0.339 e. The van der Waals surface area contributed by atoms with Crippen LogP contribution in [0.15, 0.2) is 85.2 Å². The van der Waals surface area contributed by atoms with Gasteiger partial charge in [0.2, 0.25) is 0 Å². The Hall–Kier alpha value is -3.90. The number of aryl methyl sites for hydroxylation is 1. The predicted octanol–water partition coefficient (Wildman–Crippen LogP) is 6.32. The summed E-state index contributed by atoms with van der Waals surface area (Å²) >= 11 is 6.19. The monoisotopic (exact) mass is 440 g/mol. The Labute approximate surface area is 190 Å².